The predicted molar refractivity (Wildman–Crippen MR) is 65.5 cm³/mol. The van der Waals surface area contributed by atoms with Gasteiger partial charge in [-0.3, -0.25) is 0 Å². The van der Waals surface area contributed by atoms with Crippen molar-refractivity contribution in [3.63, 3.8) is 0 Å². The molecule has 18 heavy (non-hydrogen) atoms. The van der Waals surface area contributed by atoms with Crippen LogP contribution in [-0.2, 0) is 17.5 Å². The zero-order valence-electron chi connectivity index (χ0n) is 9.62. The summed E-state index contributed by atoms with van der Waals surface area (Å²) in [5.74, 6) is 0. The Kier molecular flexibility index (Phi) is 3.73. The van der Waals surface area contributed by atoms with Crippen LogP contribution in [0.3, 0.4) is 0 Å². The maximum atomic E-state index is 13.0. The summed E-state index contributed by atoms with van der Waals surface area (Å²) in [6.45, 7) is 0.195. The molecule has 0 N–H and O–H groups in total. The molecule has 0 atom stereocenters. The summed E-state index contributed by atoms with van der Waals surface area (Å²) in [5.41, 5.74) is 0.795. The fourth-order valence-electron chi connectivity index (χ4n) is 1.70. The average Bonchev–Trinajstić information content (AvgIpc) is 2.75. The van der Waals surface area contributed by atoms with E-state index < -0.39 is 11.1 Å². The van der Waals surface area contributed by atoms with Crippen LogP contribution in [0.5, 0.6) is 0 Å². The van der Waals surface area contributed by atoms with Gasteiger partial charge in [-0.25, -0.2) is 0 Å². The third-order valence-electron chi connectivity index (χ3n) is 2.41. The van der Waals surface area contributed by atoms with Gasteiger partial charge in [0.1, 0.15) is 4.88 Å². The number of halogens is 3. The molecular weight excluding hydrogens is 261 g/mol. The first kappa shape index (κ1) is 13.1. The number of alkyl halides is 3. The van der Waals surface area contributed by atoms with E-state index in [4.69, 9.17) is 4.74 Å². The van der Waals surface area contributed by atoms with Crippen molar-refractivity contribution in [3.05, 3.63) is 46.2 Å². The van der Waals surface area contributed by atoms with Crippen LogP contribution in [0.25, 0.3) is 11.1 Å². The molecule has 0 fully saturated rings. The Morgan fingerprint density at radius 2 is 1.83 bits per heavy atom. The summed E-state index contributed by atoms with van der Waals surface area (Å²) in [6, 6.07) is 10.1. The van der Waals surface area contributed by atoms with Crippen molar-refractivity contribution in [2.24, 2.45) is 0 Å². The van der Waals surface area contributed by atoms with Crippen LogP contribution in [0.1, 0.15) is 9.75 Å². The monoisotopic (exact) mass is 272 g/mol. The van der Waals surface area contributed by atoms with Gasteiger partial charge in [-0.2, -0.15) is 13.2 Å². The molecule has 0 bridgehead atoms. The molecule has 0 aliphatic carbocycles. The molecule has 1 aromatic heterocycles. The Morgan fingerprint density at radius 3 is 2.39 bits per heavy atom. The molecule has 0 saturated carbocycles. The van der Waals surface area contributed by atoms with Gasteiger partial charge in [0.05, 0.1) is 6.61 Å². The van der Waals surface area contributed by atoms with E-state index in [1.807, 2.05) is 0 Å². The van der Waals surface area contributed by atoms with E-state index in [1.165, 1.54) is 7.11 Å². The van der Waals surface area contributed by atoms with Gasteiger partial charge in [0, 0.05) is 17.6 Å². The fourth-order valence-corrected chi connectivity index (χ4v) is 2.72. The summed E-state index contributed by atoms with van der Waals surface area (Å²) in [6.07, 6.45) is -4.33. The number of methoxy groups -OCH3 is 1. The highest BCUT2D eigenvalue weighted by Gasteiger charge is 2.36. The van der Waals surface area contributed by atoms with Crippen LogP contribution in [0.15, 0.2) is 36.4 Å². The van der Waals surface area contributed by atoms with Gasteiger partial charge in [0.2, 0.25) is 0 Å². The molecular formula is C13H11F3OS. The smallest absolute Gasteiger partial charge is 0.379 e. The highest BCUT2D eigenvalue weighted by atomic mass is 32.1. The number of rotatable bonds is 3. The molecule has 5 heteroatoms. The van der Waals surface area contributed by atoms with E-state index in [0.29, 0.717) is 10.4 Å². The van der Waals surface area contributed by atoms with Crippen LogP contribution in [-0.4, -0.2) is 7.11 Å². The topological polar surface area (TPSA) is 9.23 Å². The van der Waals surface area contributed by atoms with Crippen LogP contribution in [0.2, 0.25) is 0 Å². The molecule has 96 valence electrons. The van der Waals surface area contributed by atoms with Crippen molar-refractivity contribution >= 4 is 11.3 Å². The standard InChI is InChI=1S/C13H11F3OS/c1-17-8-10-7-11(9-5-3-2-4-6-9)12(18-10)13(14,15)16/h2-7H,8H2,1H3. The SMILES string of the molecule is COCc1cc(-c2ccccc2)c(C(F)(F)F)s1. The Bertz CT molecular complexity index is 517. The minimum Gasteiger partial charge on any atom is -0.379 e. The lowest BCUT2D eigenvalue weighted by molar-refractivity contribution is -0.133. The lowest BCUT2D eigenvalue weighted by Crippen LogP contribution is -2.03. The van der Waals surface area contributed by atoms with Crippen molar-refractivity contribution < 1.29 is 17.9 Å². The van der Waals surface area contributed by atoms with Crippen LogP contribution in [0.4, 0.5) is 13.2 Å². The van der Waals surface area contributed by atoms with E-state index in [1.54, 1.807) is 36.4 Å². The van der Waals surface area contributed by atoms with Gasteiger partial charge >= 0.3 is 6.18 Å². The van der Waals surface area contributed by atoms with Crippen molar-refractivity contribution in [2.75, 3.05) is 7.11 Å². The maximum Gasteiger partial charge on any atom is 0.426 e. The van der Waals surface area contributed by atoms with Crippen molar-refractivity contribution in [1.29, 1.82) is 0 Å². The third-order valence-corrected chi connectivity index (χ3v) is 3.57. The highest BCUT2D eigenvalue weighted by molar-refractivity contribution is 7.12. The minimum atomic E-state index is -4.33. The van der Waals surface area contributed by atoms with Crippen LogP contribution >= 0.6 is 11.3 Å². The van der Waals surface area contributed by atoms with Crippen molar-refractivity contribution in [3.8, 4) is 11.1 Å². The third kappa shape index (κ3) is 2.73. The molecule has 1 heterocycles. The molecule has 0 radical (unpaired) electrons. The minimum absolute atomic E-state index is 0.195. The van der Waals surface area contributed by atoms with Gasteiger partial charge in [-0.15, -0.1) is 11.3 Å². The summed E-state index contributed by atoms with van der Waals surface area (Å²) < 4.78 is 43.8. The summed E-state index contributed by atoms with van der Waals surface area (Å²) in [7, 11) is 1.47. The zero-order chi connectivity index (χ0) is 13.2. The first-order valence-electron chi connectivity index (χ1n) is 5.26. The zero-order valence-corrected chi connectivity index (χ0v) is 10.4. The molecule has 0 unspecified atom stereocenters. The second kappa shape index (κ2) is 5.12. The number of thiophene rings is 1. The van der Waals surface area contributed by atoms with Crippen LogP contribution < -0.4 is 0 Å². The van der Waals surface area contributed by atoms with Gasteiger partial charge in [-0.05, 0) is 11.6 Å². The fraction of sp³-hybridized carbons (Fsp3) is 0.231. The quantitative estimate of drug-likeness (QED) is 0.794. The number of ether oxygens (including phenoxy) is 1. The molecule has 0 aliphatic heterocycles. The first-order valence-corrected chi connectivity index (χ1v) is 6.08. The molecule has 0 aliphatic rings. The lowest BCUT2D eigenvalue weighted by Gasteiger charge is -2.07. The lowest BCUT2D eigenvalue weighted by atomic mass is 10.1. The second-order valence-corrected chi connectivity index (χ2v) is 4.89. The normalized spacial score (nSPS) is 11.8. The molecule has 0 saturated heterocycles. The summed E-state index contributed by atoms with van der Waals surface area (Å²) in [4.78, 5) is 0.00410. The van der Waals surface area contributed by atoms with Gasteiger partial charge < -0.3 is 4.74 Å². The maximum absolute atomic E-state index is 13.0. The predicted octanol–water partition coefficient (Wildman–Crippen LogP) is 4.58. The van der Waals surface area contributed by atoms with Crippen LogP contribution in [0, 0.1) is 0 Å². The number of hydrogen-bond acceptors (Lipinski definition) is 2. The summed E-state index contributed by atoms with van der Waals surface area (Å²) in [5, 5.41) is 0. The van der Waals surface area contributed by atoms with Crippen molar-refractivity contribution in [1.82, 2.24) is 0 Å². The van der Waals surface area contributed by atoms with Gasteiger partial charge in [-0.1, -0.05) is 30.3 Å². The van der Waals surface area contributed by atoms with E-state index in [9.17, 15) is 13.2 Å². The second-order valence-electron chi connectivity index (χ2n) is 3.75. The Morgan fingerprint density at radius 1 is 1.17 bits per heavy atom. The van der Waals surface area contributed by atoms with E-state index in [0.717, 1.165) is 11.3 Å². The molecule has 0 spiro atoms. The van der Waals surface area contributed by atoms with E-state index in [-0.39, 0.29) is 12.2 Å². The van der Waals surface area contributed by atoms with Crippen molar-refractivity contribution in [2.45, 2.75) is 12.8 Å². The molecule has 0 amide bonds. The Hall–Kier alpha value is -1.33. The Balaban J connectivity index is 2.51. The molecule has 1 nitrogen and oxygen atoms in total. The number of hydrogen-bond donors (Lipinski definition) is 0. The largest absolute Gasteiger partial charge is 0.426 e. The average molecular weight is 272 g/mol. The van der Waals surface area contributed by atoms with E-state index in [2.05, 4.69) is 0 Å². The molecule has 2 rings (SSSR count). The van der Waals surface area contributed by atoms with E-state index >= 15 is 0 Å². The van der Waals surface area contributed by atoms with Gasteiger partial charge in [0.25, 0.3) is 0 Å². The Labute approximate surface area is 107 Å². The van der Waals surface area contributed by atoms with Gasteiger partial charge in [0.15, 0.2) is 0 Å². The number of benzene rings is 1. The highest BCUT2D eigenvalue weighted by Crippen LogP contribution is 2.42. The summed E-state index contributed by atoms with van der Waals surface area (Å²) >= 11 is 0.736. The first-order chi connectivity index (χ1) is 8.52. The molecule has 1 aromatic carbocycles. The molecule has 2 aromatic rings.